The van der Waals surface area contributed by atoms with Crippen LogP contribution in [0.4, 0.5) is 0 Å². The molecule has 1 heterocycles. The van der Waals surface area contributed by atoms with Gasteiger partial charge in [0.1, 0.15) is 11.5 Å². The van der Waals surface area contributed by atoms with Crippen molar-refractivity contribution in [1.29, 1.82) is 0 Å². The highest BCUT2D eigenvalue weighted by Gasteiger charge is 2.27. The minimum atomic E-state index is 0. The monoisotopic (exact) mass is 349 g/mol. The zero-order valence-electron chi connectivity index (χ0n) is 14.8. The van der Waals surface area contributed by atoms with Crippen molar-refractivity contribution in [2.75, 3.05) is 20.7 Å². The number of benzene rings is 1. The lowest BCUT2D eigenvalue weighted by Crippen LogP contribution is -2.37. The highest BCUT2D eigenvalue weighted by Crippen LogP contribution is 2.37. The molecule has 1 aliphatic rings. The summed E-state index contributed by atoms with van der Waals surface area (Å²) in [7, 11) is 3.97. The molecule has 3 rings (SSSR count). The van der Waals surface area contributed by atoms with E-state index in [1.165, 1.54) is 30.4 Å². The molecule has 2 unspecified atom stereocenters. The second-order valence-corrected chi connectivity index (χ2v) is 6.61. The standard InChI is InChI=1S/C20H27NO2.ClH/c1-15(21(2)12-11-17-7-5-13-23-17)19-8-4-6-16-14-18(22-3)9-10-20(16)19;/h5,7,9-10,13-15,19H,4,6,8,11-12H2,1-3H3;1H. The first-order chi connectivity index (χ1) is 11.2. The van der Waals surface area contributed by atoms with E-state index in [-0.39, 0.29) is 12.4 Å². The fraction of sp³-hybridized carbons (Fsp3) is 0.500. The molecule has 1 aromatic carbocycles. The Bertz CT molecular complexity index is 627. The Labute approximate surface area is 151 Å². The predicted molar refractivity (Wildman–Crippen MR) is 100 cm³/mol. The Morgan fingerprint density at radius 2 is 2.17 bits per heavy atom. The first kappa shape index (κ1) is 18.9. The molecule has 0 radical (unpaired) electrons. The van der Waals surface area contributed by atoms with E-state index >= 15 is 0 Å². The van der Waals surface area contributed by atoms with Crippen LogP contribution in [-0.2, 0) is 12.8 Å². The van der Waals surface area contributed by atoms with Crippen LogP contribution in [0.1, 0.15) is 42.6 Å². The van der Waals surface area contributed by atoms with E-state index in [9.17, 15) is 0 Å². The number of furan rings is 1. The minimum absolute atomic E-state index is 0. The highest BCUT2D eigenvalue weighted by atomic mass is 35.5. The summed E-state index contributed by atoms with van der Waals surface area (Å²) in [6.45, 7) is 3.38. The molecule has 0 bridgehead atoms. The van der Waals surface area contributed by atoms with Crippen LogP contribution in [0, 0.1) is 0 Å². The summed E-state index contributed by atoms with van der Waals surface area (Å²) in [5.41, 5.74) is 2.97. The third kappa shape index (κ3) is 4.14. The third-order valence-corrected chi connectivity index (χ3v) is 5.28. The summed E-state index contributed by atoms with van der Waals surface area (Å²) in [6.07, 6.45) is 6.43. The molecule has 0 spiro atoms. The molecule has 1 aromatic heterocycles. The second kappa shape index (κ2) is 8.59. The number of likely N-dealkylation sites (N-methyl/N-ethyl adjacent to an activating group) is 1. The number of hydrogen-bond donors (Lipinski definition) is 0. The lowest BCUT2D eigenvalue weighted by Gasteiger charge is -2.36. The lowest BCUT2D eigenvalue weighted by atomic mass is 9.78. The average Bonchev–Trinajstić information content (AvgIpc) is 3.11. The van der Waals surface area contributed by atoms with Crippen molar-refractivity contribution in [1.82, 2.24) is 4.90 Å². The first-order valence-electron chi connectivity index (χ1n) is 8.58. The minimum Gasteiger partial charge on any atom is -0.497 e. The molecule has 0 saturated heterocycles. The summed E-state index contributed by atoms with van der Waals surface area (Å²) in [6, 6.07) is 11.1. The number of rotatable bonds is 6. The van der Waals surface area contributed by atoms with Gasteiger partial charge in [0.15, 0.2) is 0 Å². The Morgan fingerprint density at radius 3 is 2.88 bits per heavy atom. The van der Waals surface area contributed by atoms with Gasteiger partial charge in [-0.15, -0.1) is 12.4 Å². The quantitative estimate of drug-likeness (QED) is 0.756. The SMILES string of the molecule is COc1ccc2c(c1)CCCC2C(C)N(C)CCc1ccco1.Cl. The molecule has 1 aliphatic carbocycles. The molecule has 0 amide bonds. The Balaban J connectivity index is 0.00000208. The summed E-state index contributed by atoms with van der Waals surface area (Å²) >= 11 is 0. The molecule has 0 N–H and O–H groups in total. The molecular formula is C20H28ClNO2. The van der Waals surface area contributed by atoms with Crippen LogP contribution < -0.4 is 4.74 Å². The average molecular weight is 350 g/mol. The maximum absolute atomic E-state index is 5.45. The van der Waals surface area contributed by atoms with E-state index in [0.717, 1.165) is 24.5 Å². The van der Waals surface area contributed by atoms with Gasteiger partial charge in [0.25, 0.3) is 0 Å². The molecule has 0 fully saturated rings. The number of aryl methyl sites for hydroxylation is 1. The highest BCUT2D eigenvalue weighted by molar-refractivity contribution is 5.85. The number of hydrogen-bond acceptors (Lipinski definition) is 3. The summed E-state index contributed by atoms with van der Waals surface area (Å²) < 4.78 is 10.8. The van der Waals surface area contributed by atoms with Crippen molar-refractivity contribution in [3.63, 3.8) is 0 Å². The molecule has 0 saturated carbocycles. The largest absolute Gasteiger partial charge is 0.497 e. The van der Waals surface area contributed by atoms with Crippen LogP contribution in [0.5, 0.6) is 5.75 Å². The van der Waals surface area contributed by atoms with Crippen molar-refractivity contribution >= 4 is 12.4 Å². The van der Waals surface area contributed by atoms with E-state index < -0.39 is 0 Å². The fourth-order valence-electron chi connectivity index (χ4n) is 3.71. The number of nitrogens with zero attached hydrogens (tertiary/aromatic N) is 1. The van der Waals surface area contributed by atoms with Gasteiger partial charge in [0.2, 0.25) is 0 Å². The Morgan fingerprint density at radius 1 is 1.33 bits per heavy atom. The maximum atomic E-state index is 5.45. The number of fused-ring (bicyclic) bond motifs is 1. The Kier molecular flexibility index (Phi) is 6.76. The van der Waals surface area contributed by atoms with Gasteiger partial charge in [-0.3, -0.25) is 0 Å². The van der Waals surface area contributed by atoms with Crippen LogP contribution in [-0.4, -0.2) is 31.6 Å². The molecule has 2 aromatic rings. The van der Waals surface area contributed by atoms with Gasteiger partial charge >= 0.3 is 0 Å². The van der Waals surface area contributed by atoms with Crippen LogP contribution >= 0.6 is 12.4 Å². The molecule has 24 heavy (non-hydrogen) atoms. The molecule has 3 nitrogen and oxygen atoms in total. The normalized spacial score (nSPS) is 17.9. The fourth-order valence-corrected chi connectivity index (χ4v) is 3.71. The number of halogens is 1. The van der Waals surface area contributed by atoms with Gasteiger partial charge < -0.3 is 14.1 Å². The topological polar surface area (TPSA) is 25.6 Å². The summed E-state index contributed by atoms with van der Waals surface area (Å²) in [5.74, 6) is 2.65. The molecule has 2 atom stereocenters. The van der Waals surface area contributed by atoms with Crippen LogP contribution in [0.25, 0.3) is 0 Å². The van der Waals surface area contributed by atoms with Crippen molar-refractivity contribution in [2.45, 2.75) is 44.6 Å². The van der Waals surface area contributed by atoms with Crippen molar-refractivity contribution in [3.8, 4) is 5.75 Å². The summed E-state index contributed by atoms with van der Waals surface area (Å²) in [4.78, 5) is 2.46. The van der Waals surface area contributed by atoms with Gasteiger partial charge in [-0.1, -0.05) is 6.07 Å². The predicted octanol–water partition coefficient (Wildman–Crippen LogP) is 4.69. The van der Waals surface area contributed by atoms with Gasteiger partial charge in [-0.2, -0.15) is 0 Å². The van der Waals surface area contributed by atoms with E-state index in [0.29, 0.717) is 12.0 Å². The Hall–Kier alpha value is -1.45. The van der Waals surface area contributed by atoms with E-state index in [1.54, 1.807) is 13.4 Å². The van der Waals surface area contributed by atoms with E-state index in [1.807, 2.05) is 6.07 Å². The first-order valence-corrected chi connectivity index (χ1v) is 8.58. The summed E-state index contributed by atoms with van der Waals surface area (Å²) in [5, 5.41) is 0. The second-order valence-electron chi connectivity index (χ2n) is 6.61. The third-order valence-electron chi connectivity index (χ3n) is 5.28. The zero-order valence-corrected chi connectivity index (χ0v) is 15.6. The van der Waals surface area contributed by atoms with Crippen molar-refractivity contribution in [3.05, 3.63) is 53.5 Å². The van der Waals surface area contributed by atoms with Crippen LogP contribution in [0.3, 0.4) is 0 Å². The zero-order chi connectivity index (χ0) is 16.2. The molecule has 0 aliphatic heterocycles. The van der Waals surface area contributed by atoms with Crippen LogP contribution in [0.15, 0.2) is 41.0 Å². The van der Waals surface area contributed by atoms with Crippen LogP contribution in [0.2, 0.25) is 0 Å². The van der Waals surface area contributed by atoms with Gasteiger partial charge in [-0.05, 0) is 74.5 Å². The smallest absolute Gasteiger partial charge is 0.119 e. The number of ether oxygens (including phenoxy) is 1. The van der Waals surface area contributed by atoms with Gasteiger partial charge in [0.05, 0.1) is 13.4 Å². The van der Waals surface area contributed by atoms with Crippen molar-refractivity contribution in [2.24, 2.45) is 0 Å². The van der Waals surface area contributed by atoms with Gasteiger partial charge in [0, 0.05) is 19.0 Å². The molecular weight excluding hydrogens is 322 g/mol. The lowest BCUT2D eigenvalue weighted by molar-refractivity contribution is 0.213. The van der Waals surface area contributed by atoms with E-state index in [2.05, 4.69) is 43.1 Å². The molecule has 4 heteroatoms. The maximum Gasteiger partial charge on any atom is 0.119 e. The van der Waals surface area contributed by atoms with E-state index in [4.69, 9.17) is 9.15 Å². The molecule has 132 valence electrons. The van der Waals surface area contributed by atoms with Gasteiger partial charge in [-0.25, -0.2) is 0 Å². The van der Waals surface area contributed by atoms with Crippen molar-refractivity contribution < 1.29 is 9.15 Å². The number of methoxy groups -OCH3 is 1.